The standard InChI is InChI=1S/C23H29N5O4/c1-2-3-4-5-22(29)27-16-14-26(15-17-27)20-10-6-18(7-11-20)24-23(30)25-19-8-12-21(13-9-19)28(31)32/h6-13H,2-5,14-17H2,1H3,(H2,24,25,30). The first-order chi connectivity index (χ1) is 15.5. The number of nitro benzene ring substituents is 1. The van der Waals surface area contributed by atoms with Gasteiger partial charge in [0, 0.05) is 61.8 Å². The van der Waals surface area contributed by atoms with Crippen molar-refractivity contribution in [3.05, 3.63) is 58.6 Å². The Morgan fingerprint density at radius 1 is 0.906 bits per heavy atom. The first-order valence-electron chi connectivity index (χ1n) is 10.9. The minimum atomic E-state index is -0.489. The normalized spacial score (nSPS) is 13.5. The summed E-state index contributed by atoms with van der Waals surface area (Å²) in [6, 6.07) is 12.7. The number of amides is 3. The molecule has 0 aromatic heterocycles. The van der Waals surface area contributed by atoms with Crippen LogP contribution in [0.4, 0.5) is 27.5 Å². The predicted octanol–water partition coefficient (Wildman–Crippen LogP) is 4.47. The zero-order chi connectivity index (χ0) is 22.9. The SMILES string of the molecule is CCCCCC(=O)N1CCN(c2ccc(NC(=O)Nc3ccc([N+](=O)[O-])cc3)cc2)CC1. The molecular weight excluding hydrogens is 410 g/mol. The number of nitrogens with zero attached hydrogens (tertiary/aromatic N) is 3. The minimum absolute atomic E-state index is 0.0340. The summed E-state index contributed by atoms with van der Waals surface area (Å²) in [7, 11) is 0. The average molecular weight is 440 g/mol. The molecule has 0 unspecified atom stereocenters. The van der Waals surface area contributed by atoms with Crippen LogP contribution in [0.1, 0.15) is 32.6 Å². The van der Waals surface area contributed by atoms with Crippen molar-refractivity contribution in [3.8, 4) is 0 Å². The average Bonchev–Trinajstić information content (AvgIpc) is 2.80. The van der Waals surface area contributed by atoms with Gasteiger partial charge in [-0.25, -0.2) is 4.79 Å². The Morgan fingerprint density at radius 3 is 2.00 bits per heavy atom. The zero-order valence-corrected chi connectivity index (χ0v) is 18.3. The van der Waals surface area contributed by atoms with E-state index in [1.807, 2.05) is 29.2 Å². The molecule has 1 fully saturated rings. The van der Waals surface area contributed by atoms with Gasteiger partial charge in [0.05, 0.1) is 4.92 Å². The molecule has 1 aliphatic heterocycles. The zero-order valence-electron chi connectivity index (χ0n) is 18.3. The number of benzene rings is 2. The number of carbonyl (C=O) groups is 2. The molecule has 32 heavy (non-hydrogen) atoms. The summed E-state index contributed by atoms with van der Waals surface area (Å²) in [5, 5.41) is 16.1. The van der Waals surface area contributed by atoms with E-state index in [0.29, 0.717) is 17.8 Å². The Labute approximate surface area is 187 Å². The van der Waals surface area contributed by atoms with Crippen molar-refractivity contribution < 1.29 is 14.5 Å². The number of rotatable bonds is 8. The largest absolute Gasteiger partial charge is 0.368 e. The van der Waals surface area contributed by atoms with Gasteiger partial charge in [-0.1, -0.05) is 19.8 Å². The molecule has 1 heterocycles. The molecule has 1 aliphatic rings. The van der Waals surface area contributed by atoms with Crippen molar-refractivity contribution >= 4 is 34.7 Å². The fraction of sp³-hybridized carbons (Fsp3) is 0.391. The number of piperazine rings is 1. The molecule has 0 aliphatic carbocycles. The van der Waals surface area contributed by atoms with Crippen LogP contribution < -0.4 is 15.5 Å². The van der Waals surface area contributed by atoms with Crippen molar-refractivity contribution in [3.63, 3.8) is 0 Å². The van der Waals surface area contributed by atoms with Crippen molar-refractivity contribution in [2.75, 3.05) is 41.7 Å². The third-order valence-corrected chi connectivity index (χ3v) is 5.45. The highest BCUT2D eigenvalue weighted by atomic mass is 16.6. The summed E-state index contributed by atoms with van der Waals surface area (Å²) in [5.74, 6) is 0.247. The molecule has 9 heteroatoms. The fourth-order valence-corrected chi connectivity index (χ4v) is 3.61. The number of nitro groups is 1. The maximum Gasteiger partial charge on any atom is 0.323 e. The summed E-state index contributed by atoms with van der Waals surface area (Å²) in [6.45, 7) is 5.15. The highest BCUT2D eigenvalue weighted by Crippen LogP contribution is 2.21. The Morgan fingerprint density at radius 2 is 1.47 bits per heavy atom. The molecule has 0 atom stereocenters. The van der Waals surface area contributed by atoms with E-state index in [1.54, 1.807) is 0 Å². The van der Waals surface area contributed by atoms with Crippen LogP contribution in [0.2, 0.25) is 0 Å². The lowest BCUT2D eigenvalue weighted by Gasteiger charge is -2.36. The molecule has 0 spiro atoms. The molecule has 1 saturated heterocycles. The molecule has 3 rings (SSSR count). The molecule has 3 amide bonds. The Kier molecular flexibility index (Phi) is 8.02. The van der Waals surface area contributed by atoms with E-state index in [0.717, 1.165) is 51.1 Å². The van der Waals surface area contributed by atoms with Gasteiger partial charge < -0.3 is 20.4 Å². The smallest absolute Gasteiger partial charge is 0.323 e. The fourth-order valence-electron chi connectivity index (χ4n) is 3.61. The third kappa shape index (κ3) is 6.44. The van der Waals surface area contributed by atoms with Crippen molar-refractivity contribution in [2.45, 2.75) is 32.6 Å². The first-order valence-corrected chi connectivity index (χ1v) is 10.9. The maximum atomic E-state index is 12.3. The van der Waals surface area contributed by atoms with E-state index in [1.165, 1.54) is 24.3 Å². The van der Waals surface area contributed by atoms with Gasteiger partial charge in [-0.3, -0.25) is 14.9 Å². The Balaban J connectivity index is 1.46. The van der Waals surface area contributed by atoms with Crippen LogP contribution in [0.25, 0.3) is 0 Å². The van der Waals surface area contributed by atoms with E-state index in [4.69, 9.17) is 0 Å². The van der Waals surface area contributed by atoms with Crippen molar-refractivity contribution in [2.24, 2.45) is 0 Å². The van der Waals surface area contributed by atoms with Crippen LogP contribution >= 0.6 is 0 Å². The molecule has 0 saturated carbocycles. The highest BCUT2D eigenvalue weighted by Gasteiger charge is 2.20. The molecular formula is C23H29N5O4. The number of anilines is 3. The molecule has 2 aromatic carbocycles. The van der Waals surface area contributed by atoms with Crippen LogP contribution in [0, 0.1) is 10.1 Å². The second-order valence-electron chi connectivity index (χ2n) is 7.75. The van der Waals surface area contributed by atoms with Gasteiger partial charge in [-0.2, -0.15) is 0 Å². The number of hydrogen-bond donors (Lipinski definition) is 2. The van der Waals surface area contributed by atoms with E-state index >= 15 is 0 Å². The summed E-state index contributed by atoms with van der Waals surface area (Å²) in [4.78, 5) is 38.8. The van der Waals surface area contributed by atoms with Crippen LogP contribution in [-0.4, -0.2) is 47.9 Å². The van der Waals surface area contributed by atoms with Gasteiger partial charge in [0.2, 0.25) is 5.91 Å². The summed E-state index contributed by atoms with van der Waals surface area (Å²) < 4.78 is 0. The van der Waals surface area contributed by atoms with Gasteiger partial charge in [0.1, 0.15) is 0 Å². The molecule has 0 bridgehead atoms. The van der Waals surface area contributed by atoms with Crippen molar-refractivity contribution in [1.29, 1.82) is 0 Å². The van der Waals surface area contributed by atoms with Gasteiger partial charge >= 0.3 is 6.03 Å². The Bertz CT molecular complexity index is 922. The maximum absolute atomic E-state index is 12.3. The quantitative estimate of drug-likeness (QED) is 0.358. The van der Waals surface area contributed by atoms with Crippen LogP contribution in [0.15, 0.2) is 48.5 Å². The van der Waals surface area contributed by atoms with Gasteiger partial charge in [0.15, 0.2) is 0 Å². The summed E-state index contributed by atoms with van der Waals surface area (Å²) in [5.41, 5.74) is 2.11. The van der Waals surface area contributed by atoms with E-state index in [9.17, 15) is 19.7 Å². The van der Waals surface area contributed by atoms with Crippen LogP contribution in [0.3, 0.4) is 0 Å². The first kappa shape index (κ1) is 23.1. The van der Waals surface area contributed by atoms with E-state index in [-0.39, 0.29) is 11.6 Å². The second kappa shape index (κ2) is 11.1. The molecule has 2 N–H and O–H groups in total. The van der Waals surface area contributed by atoms with Gasteiger partial charge in [0.25, 0.3) is 5.69 Å². The minimum Gasteiger partial charge on any atom is -0.368 e. The van der Waals surface area contributed by atoms with Crippen LogP contribution in [0.5, 0.6) is 0 Å². The predicted molar refractivity (Wildman–Crippen MR) is 125 cm³/mol. The molecule has 2 aromatic rings. The number of carbonyl (C=O) groups excluding carboxylic acids is 2. The topological polar surface area (TPSA) is 108 Å². The van der Waals surface area contributed by atoms with Crippen LogP contribution in [-0.2, 0) is 4.79 Å². The molecule has 170 valence electrons. The monoisotopic (exact) mass is 439 g/mol. The lowest BCUT2D eigenvalue weighted by molar-refractivity contribution is -0.384. The van der Waals surface area contributed by atoms with Gasteiger partial charge in [-0.15, -0.1) is 0 Å². The van der Waals surface area contributed by atoms with Crippen molar-refractivity contribution in [1.82, 2.24) is 4.90 Å². The van der Waals surface area contributed by atoms with E-state index in [2.05, 4.69) is 22.5 Å². The lowest BCUT2D eigenvalue weighted by atomic mass is 10.1. The summed E-state index contributed by atoms with van der Waals surface area (Å²) in [6.07, 6.45) is 3.81. The van der Waals surface area contributed by atoms with Gasteiger partial charge in [-0.05, 0) is 42.8 Å². The molecule has 0 radical (unpaired) electrons. The Hall–Kier alpha value is -3.62. The highest BCUT2D eigenvalue weighted by molar-refractivity contribution is 5.99. The number of hydrogen-bond acceptors (Lipinski definition) is 5. The number of non-ortho nitro benzene ring substituents is 1. The summed E-state index contributed by atoms with van der Waals surface area (Å²) >= 11 is 0. The lowest BCUT2D eigenvalue weighted by Crippen LogP contribution is -2.48. The van der Waals surface area contributed by atoms with E-state index < -0.39 is 11.0 Å². The number of urea groups is 1. The third-order valence-electron chi connectivity index (χ3n) is 5.45. The second-order valence-corrected chi connectivity index (χ2v) is 7.75. The molecule has 9 nitrogen and oxygen atoms in total. The number of unbranched alkanes of at least 4 members (excludes halogenated alkanes) is 2. The number of nitrogens with one attached hydrogen (secondary N) is 2.